The second-order valence-electron chi connectivity index (χ2n) is 4.40. The Morgan fingerprint density at radius 3 is 2.72 bits per heavy atom. The van der Waals surface area contributed by atoms with E-state index in [0.717, 1.165) is 11.3 Å². The fourth-order valence-corrected chi connectivity index (χ4v) is 1.86. The molecule has 1 unspecified atom stereocenters. The lowest BCUT2D eigenvalue weighted by atomic mass is 10.1. The smallest absolute Gasteiger partial charge is 0.170 e. The highest BCUT2D eigenvalue weighted by atomic mass is 16.5. The number of amidine groups is 1. The van der Waals surface area contributed by atoms with E-state index in [0.29, 0.717) is 12.2 Å². The quantitative estimate of drug-likeness (QED) is 0.360. The van der Waals surface area contributed by atoms with Gasteiger partial charge in [-0.3, -0.25) is 0 Å². The van der Waals surface area contributed by atoms with Gasteiger partial charge in [0, 0.05) is 31.5 Å². The number of oxime groups is 1. The zero-order valence-corrected chi connectivity index (χ0v) is 11.3. The highest BCUT2D eigenvalue weighted by Gasteiger charge is 2.12. The molecule has 100 valence electrons. The molecule has 0 aromatic heterocycles. The number of anilines is 1. The molecule has 1 aromatic rings. The first-order valence-corrected chi connectivity index (χ1v) is 5.81. The molecule has 1 aromatic carbocycles. The standard InChI is InChI=1S/C13H21N3O2/c1-9-7-11(13(14)15-17)5-6-12(9)16(3)10(2)8-18-4/h5-7,10,17H,8H2,1-4H3,(H2,14,15). The average molecular weight is 251 g/mol. The molecule has 0 spiro atoms. The lowest BCUT2D eigenvalue weighted by Gasteiger charge is -2.28. The summed E-state index contributed by atoms with van der Waals surface area (Å²) >= 11 is 0. The van der Waals surface area contributed by atoms with E-state index in [2.05, 4.69) is 17.0 Å². The maximum absolute atomic E-state index is 8.65. The van der Waals surface area contributed by atoms with Crippen LogP contribution in [0.3, 0.4) is 0 Å². The van der Waals surface area contributed by atoms with Gasteiger partial charge >= 0.3 is 0 Å². The van der Waals surface area contributed by atoms with Crippen LogP contribution in [0.5, 0.6) is 0 Å². The van der Waals surface area contributed by atoms with Gasteiger partial charge in [0.05, 0.1) is 6.61 Å². The number of hydrogen-bond donors (Lipinski definition) is 2. The van der Waals surface area contributed by atoms with Crippen LogP contribution in [-0.4, -0.2) is 37.8 Å². The van der Waals surface area contributed by atoms with Gasteiger partial charge < -0.3 is 20.6 Å². The average Bonchev–Trinajstić information content (AvgIpc) is 2.37. The number of hydrogen-bond acceptors (Lipinski definition) is 4. The molecule has 0 saturated carbocycles. The summed E-state index contributed by atoms with van der Waals surface area (Å²) in [5.74, 6) is 0.122. The summed E-state index contributed by atoms with van der Waals surface area (Å²) in [7, 11) is 3.72. The fraction of sp³-hybridized carbons (Fsp3) is 0.462. The van der Waals surface area contributed by atoms with Crippen LogP contribution in [0.1, 0.15) is 18.1 Å². The molecule has 1 rings (SSSR count). The molecule has 0 amide bonds. The summed E-state index contributed by atoms with van der Waals surface area (Å²) in [6, 6.07) is 5.99. The molecule has 1 atom stereocenters. The van der Waals surface area contributed by atoms with Crippen molar-refractivity contribution in [1.29, 1.82) is 0 Å². The van der Waals surface area contributed by atoms with E-state index < -0.39 is 0 Å². The van der Waals surface area contributed by atoms with Crippen LogP contribution in [0.4, 0.5) is 5.69 Å². The molecule has 0 saturated heterocycles. The molecule has 0 heterocycles. The Balaban J connectivity index is 2.98. The lowest BCUT2D eigenvalue weighted by molar-refractivity contribution is 0.183. The van der Waals surface area contributed by atoms with E-state index in [-0.39, 0.29) is 11.9 Å². The topological polar surface area (TPSA) is 71.1 Å². The van der Waals surface area contributed by atoms with Crippen molar-refractivity contribution in [3.63, 3.8) is 0 Å². The Bertz CT molecular complexity index is 432. The van der Waals surface area contributed by atoms with E-state index in [1.54, 1.807) is 7.11 Å². The highest BCUT2D eigenvalue weighted by molar-refractivity contribution is 5.97. The maximum atomic E-state index is 8.65. The molecule has 0 bridgehead atoms. The van der Waals surface area contributed by atoms with Gasteiger partial charge in [0.25, 0.3) is 0 Å². The third kappa shape index (κ3) is 3.13. The van der Waals surface area contributed by atoms with Crippen LogP contribution in [-0.2, 0) is 4.74 Å². The minimum Gasteiger partial charge on any atom is -0.409 e. The fourth-order valence-electron chi connectivity index (χ4n) is 1.86. The van der Waals surface area contributed by atoms with Gasteiger partial charge in [0.1, 0.15) is 0 Å². The van der Waals surface area contributed by atoms with Crippen molar-refractivity contribution in [2.45, 2.75) is 19.9 Å². The van der Waals surface area contributed by atoms with Crippen molar-refractivity contribution in [3.8, 4) is 0 Å². The van der Waals surface area contributed by atoms with Crippen LogP contribution in [0.25, 0.3) is 0 Å². The zero-order chi connectivity index (χ0) is 13.7. The van der Waals surface area contributed by atoms with Gasteiger partial charge in [0.2, 0.25) is 0 Å². The van der Waals surface area contributed by atoms with Crippen LogP contribution >= 0.6 is 0 Å². The molecule has 18 heavy (non-hydrogen) atoms. The summed E-state index contributed by atoms with van der Waals surface area (Å²) in [5.41, 5.74) is 8.46. The maximum Gasteiger partial charge on any atom is 0.170 e. The molecular weight excluding hydrogens is 230 g/mol. The Morgan fingerprint density at radius 1 is 1.56 bits per heavy atom. The Labute approximate surface area is 108 Å². The van der Waals surface area contributed by atoms with Gasteiger partial charge in [-0.25, -0.2) is 0 Å². The molecule has 0 aliphatic heterocycles. The monoisotopic (exact) mass is 251 g/mol. The molecule has 0 aliphatic rings. The number of methoxy groups -OCH3 is 1. The first-order chi connectivity index (χ1) is 8.51. The van der Waals surface area contributed by atoms with Crippen molar-refractivity contribution in [3.05, 3.63) is 29.3 Å². The first kappa shape index (κ1) is 14.3. The van der Waals surface area contributed by atoms with Gasteiger partial charge in [-0.15, -0.1) is 0 Å². The van der Waals surface area contributed by atoms with Gasteiger partial charge in [-0.2, -0.15) is 0 Å². The van der Waals surface area contributed by atoms with Gasteiger partial charge in [-0.05, 0) is 37.6 Å². The minimum absolute atomic E-state index is 0.122. The predicted octanol–water partition coefficient (Wildman–Crippen LogP) is 1.56. The van der Waals surface area contributed by atoms with E-state index in [1.165, 1.54) is 0 Å². The largest absolute Gasteiger partial charge is 0.409 e. The van der Waals surface area contributed by atoms with Crippen LogP contribution in [0.2, 0.25) is 0 Å². The van der Waals surface area contributed by atoms with Crippen LogP contribution < -0.4 is 10.6 Å². The summed E-state index contributed by atoms with van der Waals surface area (Å²) in [6.07, 6.45) is 0. The molecule has 0 aliphatic carbocycles. The molecular formula is C13H21N3O2. The summed E-state index contributed by atoms with van der Waals surface area (Å²) in [6.45, 7) is 4.76. The second kappa shape index (κ2) is 6.26. The Hall–Kier alpha value is -1.75. The molecule has 5 nitrogen and oxygen atoms in total. The number of benzene rings is 1. The molecule has 5 heteroatoms. The zero-order valence-electron chi connectivity index (χ0n) is 11.3. The Kier molecular flexibility index (Phi) is 4.97. The van der Waals surface area contributed by atoms with Crippen molar-refractivity contribution in [2.75, 3.05) is 25.7 Å². The number of rotatable bonds is 5. The van der Waals surface area contributed by atoms with Crippen molar-refractivity contribution in [1.82, 2.24) is 0 Å². The minimum atomic E-state index is 0.122. The van der Waals surface area contributed by atoms with Crippen molar-refractivity contribution >= 4 is 11.5 Å². The number of nitrogens with two attached hydrogens (primary N) is 1. The Morgan fingerprint density at radius 2 is 2.22 bits per heavy atom. The number of likely N-dealkylation sites (N-methyl/N-ethyl adjacent to an activating group) is 1. The van der Waals surface area contributed by atoms with Gasteiger partial charge in [-0.1, -0.05) is 5.16 Å². The van der Waals surface area contributed by atoms with E-state index in [1.807, 2.05) is 32.2 Å². The normalized spacial score (nSPS) is 13.4. The molecule has 3 N–H and O–H groups in total. The van der Waals surface area contributed by atoms with Crippen molar-refractivity contribution < 1.29 is 9.94 Å². The summed E-state index contributed by atoms with van der Waals surface area (Å²) in [4.78, 5) is 2.15. The number of nitrogens with zero attached hydrogens (tertiary/aromatic N) is 2. The SMILES string of the molecule is COCC(C)N(C)c1ccc(C(N)=NO)cc1C. The lowest BCUT2D eigenvalue weighted by Crippen LogP contribution is -2.33. The third-order valence-corrected chi connectivity index (χ3v) is 3.05. The van der Waals surface area contributed by atoms with Crippen LogP contribution in [0.15, 0.2) is 23.4 Å². The predicted molar refractivity (Wildman–Crippen MR) is 73.4 cm³/mol. The number of ether oxygens (including phenoxy) is 1. The van der Waals surface area contributed by atoms with Crippen molar-refractivity contribution in [2.24, 2.45) is 10.9 Å². The van der Waals surface area contributed by atoms with E-state index in [4.69, 9.17) is 15.7 Å². The summed E-state index contributed by atoms with van der Waals surface area (Å²) < 4.78 is 5.15. The highest BCUT2D eigenvalue weighted by Crippen LogP contribution is 2.22. The first-order valence-electron chi connectivity index (χ1n) is 5.81. The second-order valence-corrected chi connectivity index (χ2v) is 4.40. The number of aryl methyl sites for hydroxylation is 1. The molecule has 0 radical (unpaired) electrons. The van der Waals surface area contributed by atoms with Gasteiger partial charge in [0.15, 0.2) is 5.84 Å². The summed E-state index contributed by atoms with van der Waals surface area (Å²) in [5, 5.41) is 11.7. The van der Waals surface area contributed by atoms with E-state index in [9.17, 15) is 0 Å². The van der Waals surface area contributed by atoms with Crippen LogP contribution in [0, 0.1) is 6.92 Å². The molecule has 0 fully saturated rings. The van der Waals surface area contributed by atoms with E-state index >= 15 is 0 Å². The third-order valence-electron chi connectivity index (χ3n) is 3.05.